The summed E-state index contributed by atoms with van der Waals surface area (Å²) in [6.45, 7) is 4.05. The smallest absolute Gasteiger partial charge is 0.253 e. The van der Waals surface area contributed by atoms with E-state index in [0.29, 0.717) is 18.1 Å². The van der Waals surface area contributed by atoms with Crippen molar-refractivity contribution in [2.24, 2.45) is 0 Å². The first-order valence-electron chi connectivity index (χ1n) is 4.77. The molecule has 3 N–H and O–H groups in total. The van der Waals surface area contributed by atoms with Crippen LogP contribution in [0.2, 0.25) is 0 Å². The van der Waals surface area contributed by atoms with Gasteiger partial charge in [0.25, 0.3) is 5.91 Å². The molecule has 1 unspecified atom stereocenters. The molecule has 0 bridgehead atoms. The van der Waals surface area contributed by atoms with Crippen LogP contribution >= 0.6 is 0 Å². The standard InChI is InChI=1S/C10H15N3O2/c1-3-15-7(2)10(14)13-8-4-5-9(11)12-6-8/h4-7H,3H2,1-2H3,(H2,11,12)(H,13,14). The van der Waals surface area contributed by atoms with Gasteiger partial charge in [-0.1, -0.05) is 0 Å². The van der Waals surface area contributed by atoms with Crippen LogP contribution in [0, 0.1) is 0 Å². The lowest BCUT2D eigenvalue weighted by molar-refractivity contribution is -0.126. The highest BCUT2D eigenvalue weighted by molar-refractivity contribution is 5.93. The molecule has 1 heterocycles. The van der Waals surface area contributed by atoms with Gasteiger partial charge < -0.3 is 15.8 Å². The quantitative estimate of drug-likeness (QED) is 0.776. The second-order valence-electron chi connectivity index (χ2n) is 3.06. The Labute approximate surface area is 88.6 Å². The van der Waals surface area contributed by atoms with Crippen LogP contribution in [0.15, 0.2) is 18.3 Å². The van der Waals surface area contributed by atoms with Crippen molar-refractivity contribution < 1.29 is 9.53 Å². The summed E-state index contributed by atoms with van der Waals surface area (Å²) in [5.74, 6) is 0.231. The number of carbonyl (C=O) groups is 1. The molecule has 0 aliphatic rings. The Morgan fingerprint density at radius 1 is 1.67 bits per heavy atom. The van der Waals surface area contributed by atoms with E-state index < -0.39 is 6.10 Å². The molecule has 15 heavy (non-hydrogen) atoms. The Morgan fingerprint density at radius 3 is 2.93 bits per heavy atom. The maximum Gasteiger partial charge on any atom is 0.253 e. The normalized spacial score (nSPS) is 12.1. The lowest BCUT2D eigenvalue weighted by Gasteiger charge is -2.11. The first-order valence-corrected chi connectivity index (χ1v) is 4.77. The Balaban J connectivity index is 2.54. The van der Waals surface area contributed by atoms with Crippen molar-refractivity contribution in [1.29, 1.82) is 0 Å². The van der Waals surface area contributed by atoms with Crippen LogP contribution < -0.4 is 11.1 Å². The number of nitrogens with one attached hydrogen (secondary N) is 1. The molecule has 1 aromatic rings. The highest BCUT2D eigenvalue weighted by Gasteiger charge is 2.12. The maximum absolute atomic E-state index is 11.5. The molecule has 0 radical (unpaired) electrons. The Kier molecular flexibility index (Phi) is 4.05. The van der Waals surface area contributed by atoms with Crippen LogP contribution in [-0.2, 0) is 9.53 Å². The number of amides is 1. The molecular weight excluding hydrogens is 194 g/mol. The van der Waals surface area contributed by atoms with E-state index >= 15 is 0 Å². The van der Waals surface area contributed by atoms with Gasteiger partial charge in [-0.3, -0.25) is 4.79 Å². The van der Waals surface area contributed by atoms with Crippen LogP contribution in [0.1, 0.15) is 13.8 Å². The molecule has 0 aliphatic carbocycles. The predicted molar refractivity (Wildman–Crippen MR) is 58.4 cm³/mol. The first-order chi connectivity index (χ1) is 7.13. The van der Waals surface area contributed by atoms with Gasteiger partial charge in [-0.2, -0.15) is 0 Å². The number of nitrogens with two attached hydrogens (primary N) is 1. The van der Waals surface area contributed by atoms with E-state index in [1.807, 2.05) is 6.92 Å². The van der Waals surface area contributed by atoms with E-state index in [0.717, 1.165) is 0 Å². The number of nitrogen functional groups attached to an aromatic ring is 1. The van der Waals surface area contributed by atoms with E-state index in [1.54, 1.807) is 19.1 Å². The monoisotopic (exact) mass is 209 g/mol. The summed E-state index contributed by atoms with van der Waals surface area (Å²) in [7, 11) is 0. The van der Waals surface area contributed by atoms with Crippen LogP contribution in [-0.4, -0.2) is 23.6 Å². The predicted octanol–water partition coefficient (Wildman–Crippen LogP) is 1.03. The maximum atomic E-state index is 11.5. The Morgan fingerprint density at radius 2 is 2.40 bits per heavy atom. The molecule has 1 amide bonds. The van der Waals surface area contributed by atoms with Crippen molar-refractivity contribution in [3.05, 3.63) is 18.3 Å². The fraction of sp³-hybridized carbons (Fsp3) is 0.400. The molecule has 1 rings (SSSR count). The van der Waals surface area contributed by atoms with E-state index in [1.165, 1.54) is 6.20 Å². The molecular formula is C10H15N3O2. The molecule has 0 spiro atoms. The van der Waals surface area contributed by atoms with Crippen molar-refractivity contribution in [2.45, 2.75) is 20.0 Å². The number of ether oxygens (including phenoxy) is 1. The van der Waals surface area contributed by atoms with Crippen LogP contribution in [0.25, 0.3) is 0 Å². The molecule has 0 saturated carbocycles. The highest BCUT2D eigenvalue weighted by Crippen LogP contribution is 2.07. The van der Waals surface area contributed by atoms with E-state index in [4.69, 9.17) is 10.5 Å². The van der Waals surface area contributed by atoms with Gasteiger partial charge in [-0.25, -0.2) is 4.98 Å². The van der Waals surface area contributed by atoms with Gasteiger partial charge in [0.15, 0.2) is 0 Å². The lowest BCUT2D eigenvalue weighted by atomic mass is 10.3. The fourth-order valence-corrected chi connectivity index (χ4v) is 1.05. The number of rotatable bonds is 4. The largest absolute Gasteiger partial charge is 0.384 e. The third kappa shape index (κ3) is 3.55. The van der Waals surface area contributed by atoms with Crippen molar-refractivity contribution >= 4 is 17.4 Å². The second kappa shape index (κ2) is 5.31. The molecule has 0 aromatic carbocycles. The molecule has 1 aromatic heterocycles. The molecule has 0 saturated heterocycles. The summed E-state index contributed by atoms with van der Waals surface area (Å²) in [4.78, 5) is 15.4. The van der Waals surface area contributed by atoms with Crippen molar-refractivity contribution in [1.82, 2.24) is 4.98 Å². The van der Waals surface area contributed by atoms with Gasteiger partial charge >= 0.3 is 0 Å². The fourth-order valence-electron chi connectivity index (χ4n) is 1.05. The number of pyridine rings is 1. The highest BCUT2D eigenvalue weighted by atomic mass is 16.5. The summed E-state index contributed by atoms with van der Waals surface area (Å²) >= 11 is 0. The van der Waals surface area contributed by atoms with Gasteiger partial charge in [0.1, 0.15) is 11.9 Å². The van der Waals surface area contributed by atoms with E-state index in [9.17, 15) is 4.79 Å². The Bertz CT molecular complexity index is 324. The van der Waals surface area contributed by atoms with Gasteiger partial charge in [0, 0.05) is 6.61 Å². The zero-order valence-corrected chi connectivity index (χ0v) is 8.86. The third-order valence-corrected chi connectivity index (χ3v) is 1.84. The van der Waals surface area contributed by atoms with Gasteiger partial charge in [-0.05, 0) is 26.0 Å². The van der Waals surface area contributed by atoms with Crippen molar-refractivity contribution in [2.75, 3.05) is 17.7 Å². The Hall–Kier alpha value is -1.62. The number of hydrogen-bond donors (Lipinski definition) is 2. The SMILES string of the molecule is CCOC(C)C(=O)Nc1ccc(N)nc1. The average molecular weight is 209 g/mol. The minimum atomic E-state index is -0.465. The van der Waals surface area contributed by atoms with Crippen LogP contribution in [0.5, 0.6) is 0 Å². The van der Waals surface area contributed by atoms with Gasteiger partial charge in [-0.15, -0.1) is 0 Å². The van der Waals surface area contributed by atoms with Crippen molar-refractivity contribution in [3.8, 4) is 0 Å². The molecule has 0 fully saturated rings. The minimum absolute atomic E-state index is 0.191. The van der Waals surface area contributed by atoms with Crippen LogP contribution in [0.3, 0.4) is 0 Å². The summed E-state index contributed by atoms with van der Waals surface area (Å²) < 4.78 is 5.14. The van der Waals surface area contributed by atoms with E-state index in [-0.39, 0.29) is 5.91 Å². The number of hydrogen-bond acceptors (Lipinski definition) is 4. The second-order valence-corrected chi connectivity index (χ2v) is 3.06. The number of nitrogens with zero attached hydrogens (tertiary/aromatic N) is 1. The molecule has 82 valence electrons. The summed E-state index contributed by atoms with van der Waals surface area (Å²) in [5.41, 5.74) is 6.03. The average Bonchev–Trinajstić information content (AvgIpc) is 2.22. The zero-order valence-electron chi connectivity index (χ0n) is 8.86. The topological polar surface area (TPSA) is 77.2 Å². The number of aromatic nitrogens is 1. The summed E-state index contributed by atoms with van der Waals surface area (Å²) in [6, 6.07) is 3.32. The third-order valence-electron chi connectivity index (χ3n) is 1.84. The zero-order chi connectivity index (χ0) is 11.3. The van der Waals surface area contributed by atoms with Gasteiger partial charge in [0.05, 0.1) is 11.9 Å². The summed E-state index contributed by atoms with van der Waals surface area (Å²) in [6.07, 6.45) is 1.04. The molecule has 5 heteroatoms. The summed E-state index contributed by atoms with van der Waals surface area (Å²) in [5, 5.41) is 2.67. The number of anilines is 2. The lowest BCUT2D eigenvalue weighted by Crippen LogP contribution is -2.27. The number of carbonyl (C=O) groups excluding carboxylic acids is 1. The van der Waals surface area contributed by atoms with E-state index in [2.05, 4.69) is 10.3 Å². The molecule has 0 aliphatic heterocycles. The van der Waals surface area contributed by atoms with Crippen molar-refractivity contribution in [3.63, 3.8) is 0 Å². The molecule has 5 nitrogen and oxygen atoms in total. The molecule has 1 atom stereocenters. The minimum Gasteiger partial charge on any atom is -0.384 e. The first kappa shape index (κ1) is 11.5. The van der Waals surface area contributed by atoms with Crippen LogP contribution in [0.4, 0.5) is 11.5 Å². The van der Waals surface area contributed by atoms with Gasteiger partial charge in [0.2, 0.25) is 0 Å².